The Hall–Kier alpha value is -1.84. The molecule has 15 heavy (non-hydrogen) atoms. The molecule has 1 aromatic rings. The third kappa shape index (κ3) is 1.58. The Labute approximate surface area is 87.2 Å². The lowest BCUT2D eigenvalue weighted by atomic mass is 10.1. The Morgan fingerprint density at radius 1 is 1.47 bits per heavy atom. The van der Waals surface area contributed by atoms with Crippen molar-refractivity contribution in [2.24, 2.45) is 0 Å². The molecule has 0 unspecified atom stereocenters. The lowest BCUT2D eigenvalue weighted by molar-refractivity contribution is -0.142. The van der Waals surface area contributed by atoms with E-state index in [1.54, 1.807) is 25.1 Å². The Morgan fingerprint density at radius 2 is 2.20 bits per heavy atom. The van der Waals surface area contributed by atoms with Crippen molar-refractivity contribution in [3.05, 3.63) is 29.8 Å². The summed E-state index contributed by atoms with van der Waals surface area (Å²) in [6.45, 7) is 1.99. The quantitative estimate of drug-likeness (QED) is 0.582. The van der Waals surface area contributed by atoms with E-state index in [4.69, 9.17) is 4.74 Å². The number of ether oxygens (including phenoxy) is 1. The fraction of sp³-hybridized carbons (Fsp3) is 0.273. The van der Waals surface area contributed by atoms with Crippen LogP contribution in [0, 0.1) is 0 Å². The molecule has 1 heterocycles. The van der Waals surface area contributed by atoms with Crippen LogP contribution in [0.1, 0.15) is 17.3 Å². The Morgan fingerprint density at radius 3 is 2.87 bits per heavy atom. The normalized spacial score (nSPS) is 18.2. The first-order chi connectivity index (χ1) is 7.24. The molecule has 78 valence electrons. The average Bonchev–Trinajstić information content (AvgIpc) is 2.57. The summed E-state index contributed by atoms with van der Waals surface area (Å²) >= 11 is 0. The summed E-state index contributed by atoms with van der Waals surface area (Å²) in [7, 11) is 0. The predicted octanol–water partition coefficient (Wildman–Crippen LogP) is 1.23. The highest BCUT2D eigenvalue weighted by molar-refractivity contribution is 6.20. The second kappa shape index (κ2) is 3.73. The van der Waals surface area contributed by atoms with E-state index in [-0.39, 0.29) is 12.4 Å². The summed E-state index contributed by atoms with van der Waals surface area (Å²) in [6.07, 6.45) is 0. The maximum atomic E-state index is 11.7. The van der Waals surface area contributed by atoms with Crippen LogP contribution >= 0.6 is 0 Å². The first-order valence-electron chi connectivity index (χ1n) is 4.80. The molecule has 1 atom stereocenters. The van der Waals surface area contributed by atoms with Gasteiger partial charge in [0.2, 0.25) is 0 Å². The van der Waals surface area contributed by atoms with E-state index in [0.29, 0.717) is 11.3 Å². The summed E-state index contributed by atoms with van der Waals surface area (Å²) in [6, 6.07) is 6.18. The largest absolute Gasteiger partial charge is 0.464 e. The van der Waals surface area contributed by atoms with Crippen LogP contribution in [0.5, 0.6) is 0 Å². The molecule has 0 fully saturated rings. The minimum Gasteiger partial charge on any atom is -0.464 e. The molecule has 1 N–H and O–H groups in total. The number of anilines is 1. The lowest BCUT2D eigenvalue weighted by Crippen LogP contribution is -2.33. The lowest BCUT2D eigenvalue weighted by Gasteiger charge is -2.07. The van der Waals surface area contributed by atoms with E-state index < -0.39 is 12.0 Å². The Kier molecular flexibility index (Phi) is 2.41. The summed E-state index contributed by atoms with van der Waals surface area (Å²) in [5.41, 5.74) is 1.25. The summed E-state index contributed by atoms with van der Waals surface area (Å²) in [5, 5.41) is 2.84. The van der Waals surface area contributed by atoms with Crippen molar-refractivity contribution in [3.8, 4) is 0 Å². The molecule has 0 aromatic heterocycles. The minimum absolute atomic E-state index is 0.218. The second-order valence-corrected chi connectivity index (χ2v) is 3.24. The van der Waals surface area contributed by atoms with E-state index in [0.717, 1.165) is 0 Å². The number of esters is 1. The van der Waals surface area contributed by atoms with Gasteiger partial charge in [0, 0.05) is 11.3 Å². The maximum Gasteiger partial charge on any atom is 0.336 e. The van der Waals surface area contributed by atoms with Crippen molar-refractivity contribution in [3.63, 3.8) is 0 Å². The molecule has 0 saturated carbocycles. The minimum atomic E-state index is -0.873. The van der Waals surface area contributed by atoms with Crippen LogP contribution in [0.25, 0.3) is 0 Å². The number of ketones is 1. The summed E-state index contributed by atoms with van der Waals surface area (Å²) in [4.78, 5) is 23.2. The van der Waals surface area contributed by atoms with Gasteiger partial charge in [0.25, 0.3) is 0 Å². The highest BCUT2D eigenvalue weighted by Gasteiger charge is 2.35. The third-order valence-corrected chi connectivity index (χ3v) is 2.28. The number of Topliss-reactive ketones (excluding diaryl/α,β-unsaturated/α-hetero) is 1. The number of para-hydroxylation sites is 1. The van der Waals surface area contributed by atoms with Gasteiger partial charge in [-0.3, -0.25) is 4.79 Å². The van der Waals surface area contributed by atoms with Crippen LogP contribution in [0.2, 0.25) is 0 Å². The monoisotopic (exact) mass is 205 g/mol. The average molecular weight is 205 g/mol. The molecule has 0 saturated heterocycles. The van der Waals surface area contributed by atoms with Crippen molar-refractivity contribution < 1.29 is 14.3 Å². The topological polar surface area (TPSA) is 55.4 Å². The SMILES string of the molecule is CCOC(=O)[C@@H]1Nc2ccccc2C1=O. The third-order valence-electron chi connectivity index (χ3n) is 2.28. The molecule has 2 rings (SSSR count). The molecule has 1 aliphatic heterocycles. The van der Waals surface area contributed by atoms with Crippen LogP contribution in [-0.4, -0.2) is 24.4 Å². The fourth-order valence-electron chi connectivity index (χ4n) is 1.59. The first-order valence-corrected chi connectivity index (χ1v) is 4.80. The molecule has 0 bridgehead atoms. The van der Waals surface area contributed by atoms with Crippen molar-refractivity contribution >= 4 is 17.4 Å². The fourth-order valence-corrected chi connectivity index (χ4v) is 1.59. The first kappa shape index (κ1) is 9.71. The van der Waals surface area contributed by atoms with Gasteiger partial charge in [-0.05, 0) is 19.1 Å². The summed E-state index contributed by atoms with van der Waals surface area (Å²) < 4.78 is 4.81. The second-order valence-electron chi connectivity index (χ2n) is 3.24. The van der Waals surface area contributed by atoms with Crippen molar-refractivity contribution in [1.29, 1.82) is 0 Å². The van der Waals surface area contributed by atoms with Crippen molar-refractivity contribution in [2.75, 3.05) is 11.9 Å². The van der Waals surface area contributed by atoms with Gasteiger partial charge in [-0.15, -0.1) is 0 Å². The van der Waals surface area contributed by atoms with Crippen molar-refractivity contribution in [2.45, 2.75) is 13.0 Å². The molecule has 1 aliphatic rings. The van der Waals surface area contributed by atoms with Gasteiger partial charge >= 0.3 is 5.97 Å². The molecule has 4 nitrogen and oxygen atoms in total. The predicted molar refractivity (Wildman–Crippen MR) is 54.8 cm³/mol. The number of nitrogens with one attached hydrogen (secondary N) is 1. The number of rotatable bonds is 2. The van der Waals surface area contributed by atoms with Crippen molar-refractivity contribution in [1.82, 2.24) is 0 Å². The standard InChI is InChI=1S/C11H11NO3/c1-2-15-11(14)9-10(13)7-5-3-4-6-8(7)12-9/h3-6,9,12H,2H2,1H3/t9-/m1/s1. The molecule has 1 aromatic carbocycles. The van der Waals surface area contributed by atoms with Gasteiger partial charge in [0.15, 0.2) is 11.8 Å². The van der Waals surface area contributed by atoms with E-state index in [1.165, 1.54) is 0 Å². The van der Waals surface area contributed by atoms with Gasteiger partial charge in [-0.2, -0.15) is 0 Å². The van der Waals surface area contributed by atoms with Gasteiger partial charge in [0.1, 0.15) is 0 Å². The van der Waals surface area contributed by atoms with Crippen LogP contribution < -0.4 is 5.32 Å². The van der Waals surface area contributed by atoms with E-state index >= 15 is 0 Å². The van der Waals surface area contributed by atoms with E-state index in [9.17, 15) is 9.59 Å². The molecule has 0 aliphatic carbocycles. The van der Waals surface area contributed by atoms with Crippen LogP contribution in [0.4, 0.5) is 5.69 Å². The van der Waals surface area contributed by atoms with Crippen LogP contribution in [-0.2, 0) is 9.53 Å². The van der Waals surface area contributed by atoms with Crippen LogP contribution in [0.3, 0.4) is 0 Å². The number of hydrogen-bond donors (Lipinski definition) is 1. The Balaban J connectivity index is 2.24. The van der Waals surface area contributed by atoms with E-state index in [2.05, 4.69) is 5.32 Å². The zero-order valence-corrected chi connectivity index (χ0v) is 8.32. The number of carbonyl (C=O) groups excluding carboxylic acids is 2. The molecular weight excluding hydrogens is 194 g/mol. The van der Waals surface area contributed by atoms with E-state index in [1.807, 2.05) is 6.07 Å². The molecule has 0 radical (unpaired) electrons. The maximum absolute atomic E-state index is 11.7. The zero-order valence-electron chi connectivity index (χ0n) is 8.32. The molecule has 4 heteroatoms. The molecule has 0 spiro atoms. The van der Waals surface area contributed by atoms with Gasteiger partial charge in [-0.1, -0.05) is 12.1 Å². The Bertz CT molecular complexity index is 414. The highest BCUT2D eigenvalue weighted by Crippen LogP contribution is 2.25. The van der Waals surface area contributed by atoms with Gasteiger partial charge in [-0.25, -0.2) is 4.79 Å². The molecular formula is C11H11NO3. The zero-order chi connectivity index (χ0) is 10.8. The van der Waals surface area contributed by atoms with Gasteiger partial charge < -0.3 is 10.1 Å². The smallest absolute Gasteiger partial charge is 0.336 e. The summed E-state index contributed by atoms with van der Waals surface area (Å²) in [5.74, 6) is -0.734. The highest BCUT2D eigenvalue weighted by atomic mass is 16.5. The molecule has 0 amide bonds. The number of fused-ring (bicyclic) bond motifs is 1. The number of benzene rings is 1. The van der Waals surface area contributed by atoms with Crippen LogP contribution in [0.15, 0.2) is 24.3 Å². The van der Waals surface area contributed by atoms with Gasteiger partial charge in [0.05, 0.1) is 6.61 Å². The number of hydrogen-bond acceptors (Lipinski definition) is 4. The number of carbonyl (C=O) groups is 2.